The zero-order valence-corrected chi connectivity index (χ0v) is 22.0. The maximum Gasteiger partial charge on any atom is 0.350 e. The van der Waals surface area contributed by atoms with E-state index in [1.54, 1.807) is 49.4 Å². The number of ether oxygens (including phenoxy) is 3. The lowest BCUT2D eigenvalue weighted by Crippen LogP contribution is -2.29. The summed E-state index contributed by atoms with van der Waals surface area (Å²) in [6, 6.07) is 10.1. The summed E-state index contributed by atoms with van der Waals surface area (Å²) in [5.74, 6) is -1.95. The molecule has 3 aromatic rings. The van der Waals surface area contributed by atoms with Crippen molar-refractivity contribution in [3.05, 3.63) is 74.8 Å². The molecule has 1 N–H and O–H groups in total. The van der Waals surface area contributed by atoms with Crippen molar-refractivity contribution in [2.24, 2.45) is 0 Å². The number of amides is 1. The van der Waals surface area contributed by atoms with Gasteiger partial charge in [0.25, 0.3) is 5.78 Å². The second kappa shape index (κ2) is 10.6. The van der Waals surface area contributed by atoms with Gasteiger partial charge in [-0.2, -0.15) is 0 Å². The summed E-state index contributed by atoms with van der Waals surface area (Å²) in [5, 5.41) is 11.8. The molecule has 1 aromatic heterocycles. The van der Waals surface area contributed by atoms with E-state index in [1.807, 2.05) is 6.92 Å². The molecule has 4 rings (SSSR count). The Morgan fingerprint density at radius 3 is 2.46 bits per heavy atom. The van der Waals surface area contributed by atoms with Gasteiger partial charge in [-0.15, -0.1) is 0 Å². The number of benzene rings is 2. The minimum atomic E-state index is -1.07. The molecule has 0 aliphatic carbocycles. The van der Waals surface area contributed by atoms with Crippen LogP contribution in [0.15, 0.2) is 48.0 Å². The number of Topliss-reactive ketones (excluding diaryl/α,β-unsaturated/α-hetero) is 1. The minimum absolute atomic E-state index is 0.105. The fourth-order valence-corrected chi connectivity index (χ4v) is 5.14. The Bertz CT molecular complexity index is 1410. The number of rotatable bonds is 7. The topological polar surface area (TPSA) is 115 Å². The number of nitrogens with zero attached hydrogens (tertiary/aromatic N) is 2. The van der Waals surface area contributed by atoms with E-state index < -0.39 is 23.7 Å². The van der Waals surface area contributed by atoms with E-state index in [0.29, 0.717) is 39.9 Å². The van der Waals surface area contributed by atoms with E-state index in [1.165, 1.54) is 19.1 Å². The Hall–Kier alpha value is -3.89. The van der Waals surface area contributed by atoms with Gasteiger partial charge in [-0.3, -0.25) is 14.5 Å². The molecule has 37 heavy (non-hydrogen) atoms. The molecule has 1 aliphatic rings. The predicted octanol–water partition coefficient (Wildman–Crippen LogP) is 4.93. The number of carbonyl (C=O) groups excluding carboxylic acids is 3. The molecule has 192 valence electrons. The van der Waals surface area contributed by atoms with Crippen LogP contribution in [0.25, 0.3) is 5.76 Å². The summed E-state index contributed by atoms with van der Waals surface area (Å²) in [6.45, 7) is 3.84. The largest absolute Gasteiger partial charge is 0.507 e. The third-order valence-corrected chi connectivity index (χ3v) is 7.12. The highest BCUT2D eigenvalue weighted by Crippen LogP contribution is 2.45. The van der Waals surface area contributed by atoms with Crippen LogP contribution in [0.3, 0.4) is 0 Å². The van der Waals surface area contributed by atoms with Crippen molar-refractivity contribution in [1.29, 1.82) is 0 Å². The van der Waals surface area contributed by atoms with Gasteiger partial charge in [-0.25, -0.2) is 9.78 Å². The summed E-state index contributed by atoms with van der Waals surface area (Å²) in [7, 11) is 2.71. The van der Waals surface area contributed by atoms with Crippen LogP contribution < -0.4 is 14.4 Å². The first kappa shape index (κ1) is 26.2. The molecule has 2 aromatic carbocycles. The number of aromatic nitrogens is 1. The van der Waals surface area contributed by atoms with Gasteiger partial charge in [0.15, 0.2) is 16.6 Å². The van der Waals surface area contributed by atoms with Crippen LogP contribution in [0.2, 0.25) is 5.02 Å². The van der Waals surface area contributed by atoms with Gasteiger partial charge < -0.3 is 19.3 Å². The zero-order valence-electron chi connectivity index (χ0n) is 20.4. The SMILES string of the molecule is CCOc1ccc([C@@H]2C(=C(O)c3ccc(Cl)cc3)C(=O)C(=O)N2c2nc(C)c(C(=O)OC)s2)cc1OC. The first-order valence-electron chi connectivity index (χ1n) is 11.1. The van der Waals surface area contributed by atoms with Crippen LogP contribution in [-0.2, 0) is 14.3 Å². The Balaban J connectivity index is 1.95. The molecule has 0 saturated carbocycles. The van der Waals surface area contributed by atoms with E-state index >= 15 is 0 Å². The number of esters is 1. The van der Waals surface area contributed by atoms with Crippen LogP contribution in [0.4, 0.5) is 5.13 Å². The van der Waals surface area contributed by atoms with Crippen molar-refractivity contribution >= 4 is 51.5 Å². The second-order valence-corrected chi connectivity index (χ2v) is 9.34. The molecule has 1 atom stereocenters. The normalized spacial score (nSPS) is 16.7. The summed E-state index contributed by atoms with van der Waals surface area (Å²) in [4.78, 5) is 44.7. The van der Waals surface area contributed by atoms with Crippen LogP contribution in [0, 0.1) is 6.92 Å². The predicted molar refractivity (Wildman–Crippen MR) is 139 cm³/mol. The highest BCUT2D eigenvalue weighted by Gasteiger charge is 2.48. The van der Waals surface area contributed by atoms with Gasteiger partial charge in [-0.05, 0) is 55.8 Å². The molecule has 1 amide bonds. The molecule has 0 radical (unpaired) electrons. The number of aliphatic hydroxyl groups excluding tert-OH is 1. The van der Waals surface area contributed by atoms with Crippen LogP contribution >= 0.6 is 22.9 Å². The number of aliphatic hydroxyl groups is 1. The highest BCUT2D eigenvalue weighted by atomic mass is 35.5. The molecule has 1 aliphatic heterocycles. The van der Waals surface area contributed by atoms with Crippen molar-refractivity contribution in [1.82, 2.24) is 4.98 Å². The van der Waals surface area contributed by atoms with Gasteiger partial charge >= 0.3 is 11.9 Å². The number of ketones is 1. The molecule has 9 nitrogen and oxygen atoms in total. The first-order valence-corrected chi connectivity index (χ1v) is 12.3. The number of aryl methyl sites for hydroxylation is 1. The van der Waals surface area contributed by atoms with Crippen LogP contribution in [0.5, 0.6) is 11.5 Å². The van der Waals surface area contributed by atoms with Crippen molar-refractivity contribution in [3.8, 4) is 11.5 Å². The van der Waals surface area contributed by atoms with Gasteiger partial charge in [0.2, 0.25) is 0 Å². The zero-order chi connectivity index (χ0) is 26.9. The average Bonchev–Trinajstić information content (AvgIpc) is 3.40. The monoisotopic (exact) mass is 542 g/mol. The first-order chi connectivity index (χ1) is 17.7. The average molecular weight is 543 g/mol. The lowest BCUT2D eigenvalue weighted by molar-refractivity contribution is -0.132. The lowest BCUT2D eigenvalue weighted by Gasteiger charge is -2.24. The molecular formula is C26H23ClN2O7S. The smallest absolute Gasteiger partial charge is 0.350 e. The standard InChI is InChI=1S/C26H23ClN2O7S/c1-5-36-17-11-8-15(12-18(17)34-3)20-19(21(30)14-6-9-16(27)10-7-14)22(31)24(32)29(20)26-28-13(2)23(37-26)25(33)35-4/h6-12,20,30H,5H2,1-4H3/t20-/m1/s1. The van der Waals surface area contributed by atoms with Crippen LogP contribution in [0.1, 0.15) is 39.5 Å². The Morgan fingerprint density at radius 2 is 1.84 bits per heavy atom. The number of carbonyl (C=O) groups is 3. The molecule has 1 fully saturated rings. The van der Waals surface area contributed by atoms with Crippen molar-refractivity contribution in [3.63, 3.8) is 0 Å². The van der Waals surface area contributed by atoms with Gasteiger partial charge in [0.1, 0.15) is 10.6 Å². The summed E-state index contributed by atoms with van der Waals surface area (Å²) in [6.07, 6.45) is 0. The van der Waals surface area contributed by atoms with E-state index in [4.69, 9.17) is 25.8 Å². The molecule has 0 unspecified atom stereocenters. The third kappa shape index (κ3) is 4.77. The number of anilines is 1. The number of halogens is 1. The molecule has 2 heterocycles. The molecule has 1 saturated heterocycles. The fourth-order valence-electron chi connectivity index (χ4n) is 4.00. The highest BCUT2D eigenvalue weighted by molar-refractivity contribution is 7.17. The van der Waals surface area contributed by atoms with Crippen molar-refractivity contribution < 1.29 is 33.7 Å². The van der Waals surface area contributed by atoms with E-state index in [2.05, 4.69) is 4.98 Å². The quantitative estimate of drug-likeness (QED) is 0.193. The molecule has 11 heteroatoms. The number of hydrogen-bond donors (Lipinski definition) is 1. The van der Waals surface area contributed by atoms with Gasteiger partial charge in [0.05, 0.1) is 38.1 Å². The number of hydrogen-bond acceptors (Lipinski definition) is 9. The van der Waals surface area contributed by atoms with E-state index in [-0.39, 0.29) is 21.3 Å². The van der Waals surface area contributed by atoms with E-state index in [0.717, 1.165) is 11.3 Å². The van der Waals surface area contributed by atoms with Crippen molar-refractivity contribution in [2.75, 3.05) is 25.7 Å². The van der Waals surface area contributed by atoms with Crippen LogP contribution in [-0.4, -0.2) is 48.6 Å². The van der Waals surface area contributed by atoms with Crippen molar-refractivity contribution in [2.45, 2.75) is 19.9 Å². The minimum Gasteiger partial charge on any atom is -0.507 e. The summed E-state index contributed by atoms with van der Waals surface area (Å²) in [5.41, 5.74) is 0.957. The summed E-state index contributed by atoms with van der Waals surface area (Å²) >= 11 is 6.90. The Labute approximate surface area is 221 Å². The Kier molecular flexibility index (Phi) is 7.51. The van der Waals surface area contributed by atoms with E-state index in [9.17, 15) is 19.5 Å². The summed E-state index contributed by atoms with van der Waals surface area (Å²) < 4.78 is 15.9. The molecular weight excluding hydrogens is 520 g/mol. The molecule has 0 spiro atoms. The third-order valence-electron chi connectivity index (χ3n) is 5.73. The Morgan fingerprint density at radius 1 is 1.14 bits per heavy atom. The van der Waals surface area contributed by atoms with Gasteiger partial charge in [0, 0.05) is 10.6 Å². The maximum absolute atomic E-state index is 13.4. The number of thiazole rings is 1. The number of methoxy groups -OCH3 is 2. The second-order valence-electron chi connectivity index (χ2n) is 7.92. The fraction of sp³-hybridized carbons (Fsp3) is 0.231. The van der Waals surface area contributed by atoms with Gasteiger partial charge in [-0.1, -0.05) is 29.0 Å². The molecule has 0 bridgehead atoms. The lowest BCUT2D eigenvalue weighted by atomic mass is 9.95. The maximum atomic E-state index is 13.4.